The first kappa shape index (κ1) is 23.3. The molecule has 0 amide bonds. The molecule has 0 aliphatic heterocycles. The van der Waals surface area contributed by atoms with Crippen LogP contribution in [0, 0.1) is 18.3 Å². The molecule has 34 heavy (non-hydrogen) atoms. The quantitative estimate of drug-likeness (QED) is 0.458. The van der Waals surface area contributed by atoms with Gasteiger partial charge in [0.1, 0.15) is 34.4 Å². The summed E-state index contributed by atoms with van der Waals surface area (Å²) in [6.07, 6.45) is 2.20. The molecule has 9 nitrogen and oxygen atoms in total. The molecule has 1 N–H and O–H groups in total. The highest BCUT2D eigenvalue weighted by molar-refractivity contribution is 7.89. The predicted octanol–water partition coefficient (Wildman–Crippen LogP) is 3.29. The summed E-state index contributed by atoms with van der Waals surface area (Å²) in [4.78, 5) is 16.1. The van der Waals surface area contributed by atoms with Gasteiger partial charge in [0, 0.05) is 12.4 Å². The average Bonchev–Trinajstić information content (AvgIpc) is 3.12. The fourth-order valence-electron chi connectivity index (χ4n) is 3.33. The molecule has 13 heteroatoms. The number of nitriles is 1. The Morgan fingerprint density at radius 3 is 2.41 bits per heavy atom. The third-order valence-corrected chi connectivity index (χ3v) is 6.50. The van der Waals surface area contributed by atoms with E-state index in [9.17, 15) is 26.9 Å². The average molecular weight is 487 g/mol. The molecular formula is C21H16F3N7O2S. The number of rotatable bonds is 5. The Kier molecular flexibility index (Phi) is 5.80. The molecule has 4 aromatic heterocycles. The fourth-order valence-corrected chi connectivity index (χ4v) is 4.51. The summed E-state index contributed by atoms with van der Waals surface area (Å²) in [5, 5.41) is 9.89. The van der Waals surface area contributed by atoms with Gasteiger partial charge < -0.3 is 4.57 Å². The van der Waals surface area contributed by atoms with Crippen LogP contribution in [-0.2, 0) is 10.0 Å². The first-order valence-corrected chi connectivity index (χ1v) is 11.2. The van der Waals surface area contributed by atoms with Crippen molar-refractivity contribution in [3.63, 3.8) is 0 Å². The van der Waals surface area contributed by atoms with E-state index < -0.39 is 27.1 Å². The second-order valence-electron chi connectivity index (χ2n) is 7.41. The number of alkyl halides is 3. The number of nitrogens with zero attached hydrogens (tertiary/aromatic N) is 6. The van der Waals surface area contributed by atoms with Crippen LogP contribution in [0.1, 0.15) is 18.1 Å². The van der Waals surface area contributed by atoms with E-state index in [1.54, 1.807) is 15.5 Å². The Morgan fingerprint density at radius 1 is 1.12 bits per heavy atom. The summed E-state index contributed by atoms with van der Waals surface area (Å²) in [6, 6.07) is 4.09. The summed E-state index contributed by atoms with van der Waals surface area (Å²) in [5.41, 5.74) is 3.02. The van der Waals surface area contributed by atoms with Crippen molar-refractivity contribution >= 4 is 21.1 Å². The smallest absolute Gasteiger partial charge is 0.302 e. The zero-order valence-electron chi connectivity index (χ0n) is 17.7. The molecule has 0 aliphatic carbocycles. The molecule has 4 aromatic rings. The molecule has 0 fully saturated rings. The van der Waals surface area contributed by atoms with Crippen molar-refractivity contribution in [2.75, 3.05) is 0 Å². The van der Waals surface area contributed by atoms with Crippen molar-refractivity contribution in [3.05, 3.63) is 60.4 Å². The Labute approximate surface area is 192 Å². The Hall–Kier alpha value is -3.89. The van der Waals surface area contributed by atoms with Gasteiger partial charge in [-0.1, -0.05) is 0 Å². The summed E-state index contributed by atoms with van der Waals surface area (Å²) >= 11 is 0. The van der Waals surface area contributed by atoms with Gasteiger partial charge in [0.25, 0.3) is 0 Å². The van der Waals surface area contributed by atoms with Crippen molar-refractivity contribution in [3.8, 4) is 23.1 Å². The normalized spacial score (nSPS) is 13.1. The molecular weight excluding hydrogens is 471 g/mol. The third kappa shape index (κ3) is 4.20. The maximum absolute atomic E-state index is 12.8. The van der Waals surface area contributed by atoms with Gasteiger partial charge in [-0.25, -0.2) is 18.4 Å². The number of aromatic nitrogens is 5. The summed E-state index contributed by atoms with van der Waals surface area (Å²) in [5.74, 6) is 0. The molecule has 0 saturated heterocycles. The summed E-state index contributed by atoms with van der Waals surface area (Å²) < 4.78 is 66.5. The van der Waals surface area contributed by atoms with E-state index in [-0.39, 0.29) is 11.3 Å². The minimum atomic E-state index is -4.74. The largest absolute Gasteiger partial charge is 0.404 e. The molecule has 0 bridgehead atoms. The van der Waals surface area contributed by atoms with Crippen LogP contribution in [0.4, 0.5) is 13.2 Å². The van der Waals surface area contributed by atoms with Crippen LogP contribution in [-0.4, -0.2) is 45.1 Å². The van der Waals surface area contributed by atoms with Crippen molar-refractivity contribution in [2.45, 2.75) is 31.0 Å². The molecule has 4 rings (SSSR count). The van der Waals surface area contributed by atoms with E-state index in [0.717, 1.165) is 17.8 Å². The standard InChI is InChI=1S/C21H16F3N7O2S/c1-12-5-18-19(29-7-12)16(6-25)20(31(18)14-8-26-11-27-9-14)17-4-3-15(10-28-17)34(32,33)30-13(2)21(22,23)24/h3-5,7-11,13,30H,1-2H3/t13-/m0/s1. The molecule has 0 aliphatic rings. The number of pyridine rings is 2. The maximum atomic E-state index is 12.8. The first-order chi connectivity index (χ1) is 16.0. The molecule has 0 spiro atoms. The highest BCUT2D eigenvalue weighted by Crippen LogP contribution is 2.34. The van der Waals surface area contributed by atoms with E-state index in [0.29, 0.717) is 29.3 Å². The molecule has 4 heterocycles. The summed E-state index contributed by atoms with van der Waals surface area (Å²) in [7, 11) is -4.49. The number of hydrogen-bond donors (Lipinski definition) is 1. The summed E-state index contributed by atoms with van der Waals surface area (Å²) in [6.45, 7) is 2.54. The number of aryl methyl sites for hydroxylation is 1. The maximum Gasteiger partial charge on any atom is 0.404 e. The van der Waals surface area contributed by atoms with Gasteiger partial charge >= 0.3 is 6.18 Å². The molecule has 0 unspecified atom stereocenters. The number of halogens is 3. The topological polar surface area (TPSA) is 126 Å². The lowest BCUT2D eigenvalue weighted by Crippen LogP contribution is -2.42. The van der Waals surface area contributed by atoms with Gasteiger partial charge in [0.15, 0.2) is 0 Å². The van der Waals surface area contributed by atoms with E-state index in [1.165, 1.54) is 24.8 Å². The Bertz CT molecular complexity index is 1510. The van der Waals surface area contributed by atoms with Gasteiger partial charge in [-0.05, 0) is 37.6 Å². The Morgan fingerprint density at radius 2 is 1.82 bits per heavy atom. The molecule has 174 valence electrons. The SMILES string of the molecule is Cc1cnc2c(C#N)c(-c3ccc(S(=O)(=O)N[C@@H](C)C(F)(F)F)cn3)n(-c3cncnc3)c2c1. The molecule has 1 atom stereocenters. The minimum Gasteiger partial charge on any atom is -0.302 e. The lowest BCUT2D eigenvalue weighted by molar-refractivity contribution is -0.147. The highest BCUT2D eigenvalue weighted by Gasteiger charge is 2.39. The molecule has 0 radical (unpaired) electrons. The van der Waals surface area contributed by atoms with Crippen molar-refractivity contribution in [1.29, 1.82) is 5.26 Å². The van der Waals surface area contributed by atoms with Crippen molar-refractivity contribution in [2.24, 2.45) is 0 Å². The number of hydrogen-bond acceptors (Lipinski definition) is 7. The zero-order valence-corrected chi connectivity index (χ0v) is 18.6. The van der Waals surface area contributed by atoms with E-state index in [1.807, 2.05) is 13.0 Å². The first-order valence-electron chi connectivity index (χ1n) is 9.75. The number of sulfonamides is 1. The van der Waals surface area contributed by atoms with Crippen LogP contribution in [0.2, 0.25) is 0 Å². The second-order valence-corrected chi connectivity index (χ2v) is 9.13. The molecule has 0 saturated carbocycles. The van der Waals surface area contributed by atoms with Crippen LogP contribution in [0.25, 0.3) is 28.1 Å². The second kappa shape index (κ2) is 8.47. The van der Waals surface area contributed by atoms with Gasteiger partial charge in [-0.3, -0.25) is 9.97 Å². The van der Waals surface area contributed by atoms with Crippen LogP contribution < -0.4 is 4.72 Å². The molecule has 0 aromatic carbocycles. The van der Waals surface area contributed by atoms with Gasteiger partial charge in [-0.2, -0.15) is 23.2 Å². The van der Waals surface area contributed by atoms with Crippen LogP contribution in [0.3, 0.4) is 0 Å². The fraction of sp³-hybridized carbons (Fsp3) is 0.190. The van der Waals surface area contributed by atoms with Crippen LogP contribution in [0.15, 0.2) is 54.2 Å². The highest BCUT2D eigenvalue weighted by atomic mass is 32.2. The van der Waals surface area contributed by atoms with Crippen LogP contribution in [0.5, 0.6) is 0 Å². The van der Waals surface area contributed by atoms with Gasteiger partial charge in [0.2, 0.25) is 10.0 Å². The number of nitrogens with one attached hydrogen (secondary N) is 1. The zero-order chi connectivity index (χ0) is 24.7. The van der Waals surface area contributed by atoms with Crippen molar-refractivity contribution in [1.82, 2.24) is 29.2 Å². The Balaban J connectivity index is 1.87. The van der Waals surface area contributed by atoms with Crippen LogP contribution >= 0.6 is 0 Å². The third-order valence-electron chi connectivity index (χ3n) is 4.97. The monoisotopic (exact) mass is 487 g/mol. The predicted molar refractivity (Wildman–Crippen MR) is 115 cm³/mol. The minimum absolute atomic E-state index is 0.186. The van der Waals surface area contributed by atoms with E-state index >= 15 is 0 Å². The van der Waals surface area contributed by atoms with E-state index in [2.05, 4.69) is 26.0 Å². The van der Waals surface area contributed by atoms with Gasteiger partial charge in [-0.15, -0.1) is 0 Å². The van der Waals surface area contributed by atoms with E-state index in [4.69, 9.17) is 0 Å². The lowest BCUT2D eigenvalue weighted by atomic mass is 10.1. The number of fused-ring (bicyclic) bond motifs is 1. The van der Waals surface area contributed by atoms with Crippen molar-refractivity contribution < 1.29 is 21.6 Å². The van der Waals surface area contributed by atoms with Gasteiger partial charge in [0.05, 0.1) is 35.0 Å². The lowest BCUT2D eigenvalue weighted by Gasteiger charge is -2.17.